The molecule has 22 N–H and O–H groups in total. The molecule has 10 amide bonds. The van der Waals surface area contributed by atoms with E-state index in [0.29, 0.717) is 12.0 Å². The van der Waals surface area contributed by atoms with Gasteiger partial charge < -0.3 is 92.0 Å². The first kappa shape index (κ1) is 65.5. The van der Waals surface area contributed by atoms with Gasteiger partial charge in [0, 0.05) is 31.0 Å². The zero-order chi connectivity index (χ0) is 57.8. The van der Waals surface area contributed by atoms with Crippen molar-refractivity contribution in [2.24, 2.45) is 44.6 Å². The van der Waals surface area contributed by atoms with Crippen LogP contribution in [-0.4, -0.2) is 180 Å². The van der Waals surface area contributed by atoms with Gasteiger partial charge >= 0.3 is 5.97 Å². The highest BCUT2D eigenvalue weighted by atomic mass is 33.1. The molecule has 2 rings (SSSR count). The lowest BCUT2D eigenvalue weighted by molar-refractivity contribution is -0.141. The molecule has 0 aromatic heterocycles. The van der Waals surface area contributed by atoms with Gasteiger partial charge in [-0.25, -0.2) is 0 Å². The molecule has 428 valence electrons. The molecule has 9 atom stereocenters. The summed E-state index contributed by atoms with van der Waals surface area (Å²) in [5.41, 5.74) is 28.5. The maximum Gasteiger partial charge on any atom is 0.325 e. The van der Waals surface area contributed by atoms with Gasteiger partial charge in [-0.05, 0) is 63.1 Å². The van der Waals surface area contributed by atoms with Crippen LogP contribution in [0.1, 0.15) is 65.4 Å². The Balaban J connectivity index is 2.55. The summed E-state index contributed by atoms with van der Waals surface area (Å²) in [5.74, 6) is -11.3. The maximum absolute atomic E-state index is 14.0. The van der Waals surface area contributed by atoms with Crippen molar-refractivity contribution in [2.75, 3.05) is 44.2 Å². The molecular formula is C45H73N17O13S2. The van der Waals surface area contributed by atoms with Crippen LogP contribution in [0.4, 0.5) is 0 Å². The number of carbonyl (C=O) groups excluding carboxylic acids is 10. The Kier molecular flexibility index (Phi) is 29.0. The molecule has 1 fully saturated rings. The smallest absolute Gasteiger partial charge is 0.325 e. The Morgan fingerprint density at radius 2 is 1.18 bits per heavy atom. The van der Waals surface area contributed by atoms with Crippen LogP contribution in [0.25, 0.3) is 0 Å². The van der Waals surface area contributed by atoms with Crippen molar-refractivity contribution >= 4 is 98.5 Å². The van der Waals surface area contributed by atoms with Crippen LogP contribution >= 0.6 is 21.6 Å². The Labute approximate surface area is 452 Å². The van der Waals surface area contributed by atoms with Crippen molar-refractivity contribution in [3.05, 3.63) is 29.8 Å². The van der Waals surface area contributed by atoms with Gasteiger partial charge in [0.2, 0.25) is 59.1 Å². The van der Waals surface area contributed by atoms with Crippen molar-refractivity contribution < 1.29 is 63.0 Å². The molecule has 1 aromatic rings. The summed E-state index contributed by atoms with van der Waals surface area (Å²) in [6.07, 6.45) is 0.389. The van der Waals surface area contributed by atoms with E-state index in [1.54, 1.807) is 13.8 Å². The highest BCUT2D eigenvalue weighted by Gasteiger charge is 2.33. The van der Waals surface area contributed by atoms with E-state index >= 15 is 0 Å². The quantitative estimate of drug-likeness (QED) is 0.0336. The number of aliphatic imine (C=N–C) groups is 2. The van der Waals surface area contributed by atoms with E-state index in [-0.39, 0.29) is 74.4 Å². The maximum atomic E-state index is 14.0. The molecule has 32 heteroatoms. The summed E-state index contributed by atoms with van der Waals surface area (Å²) < 4.78 is 0. The predicted octanol–water partition coefficient (Wildman–Crippen LogP) is -6.32. The van der Waals surface area contributed by atoms with E-state index in [1.165, 1.54) is 38.1 Å². The molecule has 0 bridgehead atoms. The molecule has 0 spiro atoms. The van der Waals surface area contributed by atoms with Crippen LogP contribution in [0.2, 0.25) is 0 Å². The van der Waals surface area contributed by atoms with E-state index in [4.69, 9.17) is 28.7 Å². The van der Waals surface area contributed by atoms with Crippen LogP contribution < -0.4 is 81.8 Å². The van der Waals surface area contributed by atoms with Gasteiger partial charge in [-0.2, -0.15) is 0 Å². The van der Waals surface area contributed by atoms with Crippen LogP contribution in [0.5, 0.6) is 5.75 Å². The molecule has 0 saturated carbocycles. The van der Waals surface area contributed by atoms with E-state index in [1.807, 2.05) is 0 Å². The number of aliphatic carboxylic acids is 1. The number of carboxylic acid groups (broad SMARTS) is 1. The fourth-order valence-electron chi connectivity index (χ4n) is 6.70. The fourth-order valence-corrected chi connectivity index (χ4v) is 8.99. The first-order valence-electron chi connectivity index (χ1n) is 24.4. The largest absolute Gasteiger partial charge is 0.508 e. The number of nitrogens with two attached hydrogens (primary N) is 5. The van der Waals surface area contributed by atoms with Crippen LogP contribution in [0.3, 0.4) is 0 Å². The second-order valence-corrected chi connectivity index (χ2v) is 20.2. The number of carboxylic acids is 1. The highest BCUT2D eigenvalue weighted by molar-refractivity contribution is 8.76. The number of guanidine groups is 2. The Bertz CT molecular complexity index is 2290. The van der Waals surface area contributed by atoms with Gasteiger partial charge in [0.1, 0.15) is 48.0 Å². The van der Waals surface area contributed by atoms with Gasteiger partial charge in [-0.3, -0.25) is 62.7 Å². The monoisotopic (exact) mass is 1120 g/mol. The van der Waals surface area contributed by atoms with Crippen molar-refractivity contribution in [1.29, 1.82) is 0 Å². The summed E-state index contributed by atoms with van der Waals surface area (Å²) in [5, 5.41) is 43.8. The number of rotatable bonds is 15. The van der Waals surface area contributed by atoms with Crippen molar-refractivity contribution in [3.63, 3.8) is 0 Å². The number of phenolic OH excluding ortho intramolecular Hbond substituents is 1. The minimum atomic E-state index is -1.39. The first-order chi connectivity index (χ1) is 36.3. The van der Waals surface area contributed by atoms with Gasteiger partial charge in [0.05, 0.1) is 25.7 Å². The first-order valence-corrected chi connectivity index (χ1v) is 26.8. The summed E-state index contributed by atoms with van der Waals surface area (Å²) >= 11 is 0. The number of amides is 10. The number of hydrogen-bond acceptors (Lipinski definition) is 17. The number of nitrogens with one attached hydrogen (secondary N) is 10. The Hall–Kier alpha value is -7.61. The van der Waals surface area contributed by atoms with E-state index < -0.39 is 139 Å². The van der Waals surface area contributed by atoms with Gasteiger partial charge in [0.25, 0.3) is 0 Å². The summed E-state index contributed by atoms with van der Waals surface area (Å²) in [6, 6.07) is -5.03. The molecule has 30 nitrogen and oxygen atoms in total. The normalized spacial score (nSPS) is 23.5. The second-order valence-electron chi connectivity index (χ2n) is 17.7. The molecule has 1 heterocycles. The standard InChI is InChI=1S/C45H73N17O13S2/c1-5-22(2)35-42(73)55-19-34(66)58-30(16-25-10-12-26(63)13-11-25)38(69)54-17-32(64)53-18-33(65)59-31(41(72)57-24(4)43(74)75)21-77-76-20-27(46)37(68)61-28(8-6-14-51-44(47)48)39(70)56-23(3)36(67)60-29(40(71)62-35)9-7-15-52-45(49)50/h10-13,22-24,27-31,35,63H,5-9,14-21,46H2,1-4H3,(H,53,64)(H,54,69)(H,55,73)(H,56,70)(H,57,72)(H,58,66)(H,59,65)(H,60,67)(H,61,68)(H,62,71)(H,74,75)(H4,47,48,51)(H4,49,50,52)/t22-,23-,24-,27-,28-,29-,30-,31-,35-/m0/s1. The second kappa shape index (κ2) is 34.1. The lowest BCUT2D eigenvalue weighted by Crippen LogP contribution is -2.59. The van der Waals surface area contributed by atoms with Crippen molar-refractivity contribution in [3.8, 4) is 5.75 Å². The van der Waals surface area contributed by atoms with Gasteiger partial charge in [-0.15, -0.1) is 0 Å². The molecule has 1 aliphatic rings. The number of benzene rings is 1. The van der Waals surface area contributed by atoms with Crippen LogP contribution in [0, 0.1) is 5.92 Å². The summed E-state index contributed by atoms with van der Waals surface area (Å²) in [7, 11) is 1.95. The average molecular weight is 1120 g/mol. The zero-order valence-electron chi connectivity index (χ0n) is 43.2. The highest BCUT2D eigenvalue weighted by Crippen LogP contribution is 2.23. The summed E-state index contributed by atoms with van der Waals surface area (Å²) in [4.78, 5) is 154. The minimum Gasteiger partial charge on any atom is -0.508 e. The van der Waals surface area contributed by atoms with Crippen molar-refractivity contribution in [2.45, 2.75) is 115 Å². The molecule has 1 saturated heterocycles. The number of aromatic hydroxyl groups is 1. The predicted molar refractivity (Wildman–Crippen MR) is 286 cm³/mol. The van der Waals surface area contributed by atoms with Crippen LogP contribution in [-0.2, 0) is 59.2 Å². The molecule has 1 aromatic carbocycles. The SMILES string of the molecule is CC[C@H](C)[C@@H]1NC(=O)[C@H](CCCN=C(N)N)NC(=O)[C@H](C)NC(=O)[C@H](CCCN=C(N)N)NC(=O)[C@@H](N)CSSC[C@@H](C(=O)N[C@@H](C)C(=O)O)NC(=O)CNC(=O)CNC(=O)[C@H](Cc2ccc(O)cc2)NC(=O)CNC1=O. The average Bonchev–Trinajstić information content (AvgIpc) is 3.37. The van der Waals surface area contributed by atoms with E-state index in [2.05, 4.69) is 63.2 Å². The molecule has 0 radical (unpaired) electrons. The Morgan fingerprint density at radius 3 is 1.75 bits per heavy atom. The number of phenols is 1. The molecular weight excluding hydrogens is 1050 g/mol. The number of carbonyl (C=O) groups is 11. The Morgan fingerprint density at radius 1 is 0.662 bits per heavy atom. The van der Waals surface area contributed by atoms with E-state index in [0.717, 1.165) is 21.6 Å². The lowest BCUT2D eigenvalue weighted by atomic mass is 9.97. The topological polar surface area (TPSA) is 503 Å². The molecule has 0 unspecified atom stereocenters. The molecule has 77 heavy (non-hydrogen) atoms. The van der Waals surface area contributed by atoms with E-state index in [9.17, 15) is 63.0 Å². The van der Waals surface area contributed by atoms with Gasteiger partial charge in [0.15, 0.2) is 11.9 Å². The number of hydrogen-bond donors (Lipinski definition) is 17. The fraction of sp³-hybridized carbons (Fsp3) is 0.578. The van der Waals surface area contributed by atoms with Gasteiger partial charge in [-0.1, -0.05) is 54.0 Å². The third-order valence-corrected chi connectivity index (χ3v) is 13.8. The number of nitrogens with zero attached hydrogens (tertiary/aromatic N) is 2. The minimum absolute atomic E-state index is 0.0437. The third kappa shape index (κ3) is 25.7. The third-order valence-electron chi connectivity index (χ3n) is 11.3. The summed E-state index contributed by atoms with van der Waals surface area (Å²) in [6.45, 7) is 3.87. The molecule has 1 aliphatic heterocycles. The zero-order valence-corrected chi connectivity index (χ0v) is 44.8. The molecule has 0 aliphatic carbocycles. The lowest BCUT2D eigenvalue weighted by Gasteiger charge is -2.27. The van der Waals surface area contributed by atoms with Crippen molar-refractivity contribution in [1.82, 2.24) is 53.2 Å². The van der Waals surface area contributed by atoms with Crippen LogP contribution in [0.15, 0.2) is 34.3 Å².